The number of carbonyl (C=O) groups is 1. The molecule has 2 heteroatoms. The summed E-state index contributed by atoms with van der Waals surface area (Å²) in [6.45, 7) is 7.18. The zero-order valence-electron chi connectivity index (χ0n) is 7.04. The van der Waals surface area contributed by atoms with Crippen molar-refractivity contribution in [3.8, 4) is 0 Å². The molecule has 2 nitrogen and oxygen atoms in total. The first kappa shape index (κ1) is 9.95. The lowest BCUT2D eigenvalue weighted by atomic mass is 10.1. The topological polar surface area (TPSA) is 26.3 Å². The molecule has 0 aliphatic heterocycles. The highest BCUT2D eigenvalue weighted by molar-refractivity contribution is 5.70. The van der Waals surface area contributed by atoms with Crippen LogP contribution in [0.2, 0.25) is 0 Å². The van der Waals surface area contributed by atoms with Crippen molar-refractivity contribution in [2.45, 2.75) is 20.3 Å². The van der Waals surface area contributed by atoms with E-state index in [2.05, 4.69) is 11.3 Å². The van der Waals surface area contributed by atoms with Crippen LogP contribution in [0.5, 0.6) is 0 Å². The molecule has 0 fully saturated rings. The second-order valence-electron chi connectivity index (χ2n) is 2.36. The molecule has 0 aliphatic rings. The summed E-state index contributed by atoms with van der Waals surface area (Å²) in [5.41, 5.74) is 0. The molecule has 0 heterocycles. The monoisotopic (exact) mass is 154 g/mol. The van der Waals surface area contributed by atoms with Crippen LogP contribution in [0.4, 0.5) is 0 Å². The van der Waals surface area contributed by atoms with Gasteiger partial charge in [0.05, 0.1) is 12.7 Å². The van der Waals surface area contributed by atoms with Gasteiger partial charge in [-0.3, -0.25) is 4.79 Å². The Morgan fingerprint density at radius 3 is 2.82 bits per heavy atom. The third-order valence-electron chi connectivity index (χ3n) is 1.22. The predicted molar refractivity (Wildman–Crippen MR) is 44.9 cm³/mol. The molecule has 0 bridgehead atoms. The molecule has 1 unspecified atom stereocenters. The molecule has 0 aromatic carbocycles. The molecule has 0 N–H and O–H groups in total. The Balaban J connectivity index is 3.65. The molecule has 0 saturated heterocycles. The highest BCUT2D eigenvalue weighted by Crippen LogP contribution is 2.04. The Morgan fingerprint density at radius 2 is 2.36 bits per heavy atom. The first-order valence-corrected chi connectivity index (χ1v) is 3.64. The molecule has 0 aromatic heterocycles. The van der Waals surface area contributed by atoms with E-state index in [1.54, 1.807) is 0 Å². The van der Waals surface area contributed by atoms with Crippen molar-refractivity contribution in [3.05, 3.63) is 25.0 Å². The molecule has 0 radical (unpaired) electrons. The van der Waals surface area contributed by atoms with E-state index in [0.29, 0.717) is 6.42 Å². The number of hydrogen-bond acceptors (Lipinski definition) is 2. The second-order valence-corrected chi connectivity index (χ2v) is 2.36. The fourth-order valence-corrected chi connectivity index (χ4v) is 0.801. The maximum absolute atomic E-state index is 10.8. The van der Waals surface area contributed by atoms with Crippen LogP contribution in [0.3, 0.4) is 0 Å². The van der Waals surface area contributed by atoms with Gasteiger partial charge in [-0.25, -0.2) is 0 Å². The molecule has 0 saturated carbocycles. The minimum Gasteiger partial charge on any atom is -0.435 e. The van der Waals surface area contributed by atoms with Gasteiger partial charge in [0.2, 0.25) is 0 Å². The van der Waals surface area contributed by atoms with Gasteiger partial charge in [0, 0.05) is 0 Å². The Labute approximate surface area is 67.6 Å². The van der Waals surface area contributed by atoms with E-state index >= 15 is 0 Å². The van der Waals surface area contributed by atoms with Crippen LogP contribution in [0, 0.1) is 5.92 Å². The van der Waals surface area contributed by atoms with Gasteiger partial charge in [0.25, 0.3) is 0 Å². The average molecular weight is 154 g/mol. The summed E-state index contributed by atoms with van der Waals surface area (Å²) in [6.07, 6.45) is 5.46. The van der Waals surface area contributed by atoms with E-state index in [9.17, 15) is 4.79 Å². The van der Waals surface area contributed by atoms with E-state index in [0.717, 1.165) is 6.26 Å². The summed E-state index contributed by atoms with van der Waals surface area (Å²) >= 11 is 0. The highest BCUT2D eigenvalue weighted by atomic mass is 16.5. The standard InChI is InChI=1S/C9H14O2/c1-4-6-8(3)7-9(10)11-5-2/h4-6,8H,2,7H2,1,3H3. The molecule has 0 aromatic rings. The predicted octanol–water partition coefficient (Wildman–Crippen LogP) is 2.28. The second kappa shape index (κ2) is 5.71. The zero-order chi connectivity index (χ0) is 8.69. The molecule has 0 amide bonds. The third kappa shape index (κ3) is 5.40. The fourth-order valence-electron chi connectivity index (χ4n) is 0.801. The molecular formula is C9H14O2. The Kier molecular flexibility index (Phi) is 5.17. The summed E-state index contributed by atoms with van der Waals surface area (Å²) in [6, 6.07) is 0. The van der Waals surface area contributed by atoms with E-state index in [4.69, 9.17) is 0 Å². The lowest BCUT2D eigenvalue weighted by Crippen LogP contribution is -2.04. The summed E-state index contributed by atoms with van der Waals surface area (Å²) in [7, 11) is 0. The van der Waals surface area contributed by atoms with Gasteiger partial charge in [0.15, 0.2) is 0 Å². The summed E-state index contributed by atoms with van der Waals surface area (Å²) < 4.78 is 4.55. The minimum atomic E-state index is -0.231. The van der Waals surface area contributed by atoms with Crippen LogP contribution in [0.15, 0.2) is 25.0 Å². The number of hydrogen-bond donors (Lipinski definition) is 0. The van der Waals surface area contributed by atoms with Crippen molar-refractivity contribution in [3.63, 3.8) is 0 Å². The number of carbonyl (C=O) groups excluding carboxylic acids is 1. The van der Waals surface area contributed by atoms with Gasteiger partial charge >= 0.3 is 5.97 Å². The van der Waals surface area contributed by atoms with Crippen LogP contribution in [-0.4, -0.2) is 5.97 Å². The van der Waals surface area contributed by atoms with Crippen molar-refractivity contribution in [2.75, 3.05) is 0 Å². The molecule has 11 heavy (non-hydrogen) atoms. The van der Waals surface area contributed by atoms with Crippen LogP contribution >= 0.6 is 0 Å². The molecule has 1 atom stereocenters. The smallest absolute Gasteiger partial charge is 0.311 e. The highest BCUT2D eigenvalue weighted by Gasteiger charge is 2.04. The van der Waals surface area contributed by atoms with Gasteiger partial charge in [-0.15, -0.1) is 0 Å². The Hall–Kier alpha value is -1.05. The lowest BCUT2D eigenvalue weighted by Gasteiger charge is -2.02. The maximum atomic E-state index is 10.8. The quantitative estimate of drug-likeness (QED) is 0.353. The molecule has 62 valence electrons. The summed E-state index contributed by atoms with van der Waals surface area (Å²) in [4.78, 5) is 10.8. The van der Waals surface area contributed by atoms with Gasteiger partial charge < -0.3 is 4.74 Å². The van der Waals surface area contributed by atoms with Crippen molar-refractivity contribution in [1.82, 2.24) is 0 Å². The summed E-state index contributed by atoms with van der Waals surface area (Å²) in [5.74, 6) is 0.0121. The van der Waals surface area contributed by atoms with Crippen LogP contribution < -0.4 is 0 Å². The van der Waals surface area contributed by atoms with Gasteiger partial charge in [-0.1, -0.05) is 25.7 Å². The Morgan fingerprint density at radius 1 is 1.73 bits per heavy atom. The summed E-state index contributed by atoms with van der Waals surface area (Å²) in [5, 5.41) is 0. The van der Waals surface area contributed by atoms with Gasteiger partial charge in [-0.2, -0.15) is 0 Å². The van der Waals surface area contributed by atoms with E-state index in [1.165, 1.54) is 0 Å². The van der Waals surface area contributed by atoms with Crippen molar-refractivity contribution in [2.24, 2.45) is 5.92 Å². The minimum absolute atomic E-state index is 0.231. The maximum Gasteiger partial charge on any atom is 0.311 e. The third-order valence-corrected chi connectivity index (χ3v) is 1.22. The molecule has 0 aliphatic carbocycles. The normalized spacial score (nSPS) is 12.9. The number of esters is 1. The van der Waals surface area contributed by atoms with Gasteiger partial charge in [0.1, 0.15) is 0 Å². The molecular weight excluding hydrogens is 140 g/mol. The van der Waals surface area contributed by atoms with E-state index in [-0.39, 0.29) is 11.9 Å². The SMILES string of the molecule is C=COC(=O)CC(C)C=CC. The number of rotatable bonds is 4. The van der Waals surface area contributed by atoms with Crippen LogP contribution in [-0.2, 0) is 9.53 Å². The first-order valence-electron chi connectivity index (χ1n) is 3.64. The number of allylic oxidation sites excluding steroid dienone is 2. The number of ether oxygens (including phenoxy) is 1. The van der Waals surface area contributed by atoms with Crippen LogP contribution in [0.25, 0.3) is 0 Å². The Bertz CT molecular complexity index is 159. The van der Waals surface area contributed by atoms with Crippen molar-refractivity contribution in [1.29, 1.82) is 0 Å². The van der Waals surface area contributed by atoms with Crippen molar-refractivity contribution < 1.29 is 9.53 Å². The van der Waals surface area contributed by atoms with Crippen molar-refractivity contribution >= 4 is 5.97 Å². The lowest BCUT2D eigenvalue weighted by molar-refractivity contribution is -0.138. The van der Waals surface area contributed by atoms with E-state index in [1.807, 2.05) is 26.0 Å². The zero-order valence-corrected chi connectivity index (χ0v) is 7.04. The van der Waals surface area contributed by atoms with Crippen LogP contribution in [0.1, 0.15) is 20.3 Å². The fraction of sp³-hybridized carbons (Fsp3) is 0.444. The van der Waals surface area contributed by atoms with Gasteiger partial charge in [-0.05, 0) is 12.8 Å². The largest absolute Gasteiger partial charge is 0.435 e. The molecule has 0 spiro atoms. The van der Waals surface area contributed by atoms with E-state index < -0.39 is 0 Å². The molecule has 0 rings (SSSR count). The first-order chi connectivity index (χ1) is 5.20. The average Bonchev–Trinajstić information content (AvgIpc) is 1.87.